The molecule has 31 heavy (non-hydrogen) atoms. The molecule has 1 aliphatic heterocycles. The van der Waals surface area contributed by atoms with Crippen molar-refractivity contribution >= 4 is 16.6 Å². The fourth-order valence-electron chi connectivity index (χ4n) is 5.08. The summed E-state index contributed by atoms with van der Waals surface area (Å²) >= 11 is 0. The van der Waals surface area contributed by atoms with Gasteiger partial charge in [0.25, 0.3) is 0 Å². The molecule has 1 heterocycles. The fraction of sp³-hybridized carbons (Fsp3) is 0.321. The normalized spacial score (nSPS) is 19.9. The van der Waals surface area contributed by atoms with E-state index in [4.69, 9.17) is 4.74 Å². The molecular weight excluding hydrogens is 384 g/mol. The summed E-state index contributed by atoms with van der Waals surface area (Å²) in [6.07, 6.45) is 1.28. The van der Waals surface area contributed by atoms with Crippen molar-refractivity contribution in [3.05, 3.63) is 82.6 Å². The van der Waals surface area contributed by atoms with Crippen LogP contribution in [0.1, 0.15) is 69.1 Å². The van der Waals surface area contributed by atoms with Crippen LogP contribution in [-0.4, -0.2) is 10.9 Å². The molecule has 0 saturated carbocycles. The molecule has 0 spiro atoms. The molecule has 0 radical (unpaired) electrons. The Kier molecular flexibility index (Phi) is 4.47. The minimum atomic E-state index is -0.170. The molecule has 3 nitrogen and oxygen atoms in total. The van der Waals surface area contributed by atoms with Crippen molar-refractivity contribution in [2.24, 2.45) is 5.41 Å². The molecule has 0 fully saturated rings. The van der Waals surface area contributed by atoms with Gasteiger partial charge in [-0.25, -0.2) is 0 Å². The topological polar surface area (TPSA) is 46.5 Å². The van der Waals surface area contributed by atoms with E-state index >= 15 is 0 Å². The molecule has 0 bridgehead atoms. The van der Waals surface area contributed by atoms with Gasteiger partial charge in [-0.15, -0.1) is 0 Å². The lowest BCUT2D eigenvalue weighted by Gasteiger charge is -2.38. The molecule has 3 aromatic carbocycles. The Morgan fingerprint density at radius 3 is 2.45 bits per heavy atom. The predicted octanol–water partition coefficient (Wildman–Crippen LogP) is 6.84. The SMILES string of the molecule is CC(C)c1ccc(C2C3=C(CC(C)(C)CC3=O)Oc3ccc4cc(O)ccc4c32)cc1. The van der Waals surface area contributed by atoms with E-state index in [1.165, 1.54) is 5.56 Å². The van der Waals surface area contributed by atoms with Crippen molar-refractivity contribution in [2.75, 3.05) is 0 Å². The van der Waals surface area contributed by atoms with Crippen LogP contribution in [0.25, 0.3) is 10.8 Å². The van der Waals surface area contributed by atoms with Gasteiger partial charge in [0, 0.05) is 29.9 Å². The molecule has 5 rings (SSSR count). The van der Waals surface area contributed by atoms with Gasteiger partial charge in [0.2, 0.25) is 0 Å². The Morgan fingerprint density at radius 1 is 1.00 bits per heavy atom. The van der Waals surface area contributed by atoms with E-state index in [2.05, 4.69) is 52.0 Å². The number of phenols is 1. The molecule has 1 N–H and O–H groups in total. The quantitative estimate of drug-likeness (QED) is 0.501. The van der Waals surface area contributed by atoms with Crippen molar-refractivity contribution in [3.8, 4) is 11.5 Å². The van der Waals surface area contributed by atoms with Crippen LogP contribution < -0.4 is 4.74 Å². The molecule has 0 aromatic heterocycles. The number of Topliss-reactive ketones (excluding diaryl/α,β-unsaturated/α-hetero) is 1. The van der Waals surface area contributed by atoms with Gasteiger partial charge in [0.15, 0.2) is 5.78 Å². The molecule has 0 saturated heterocycles. The van der Waals surface area contributed by atoms with Crippen LogP contribution in [0.2, 0.25) is 0 Å². The van der Waals surface area contributed by atoms with Crippen LogP contribution in [-0.2, 0) is 4.79 Å². The van der Waals surface area contributed by atoms with Crippen LogP contribution in [0.15, 0.2) is 65.9 Å². The first-order valence-corrected chi connectivity index (χ1v) is 11.0. The maximum Gasteiger partial charge on any atom is 0.163 e. The average molecular weight is 413 g/mol. The molecule has 1 atom stereocenters. The zero-order chi connectivity index (χ0) is 21.9. The van der Waals surface area contributed by atoms with Crippen LogP contribution in [0, 0.1) is 5.41 Å². The van der Waals surface area contributed by atoms with Gasteiger partial charge in [-0.1, -0.05) is 64.1 Å². The van der Waals surface area contributed by atoms with Crippen molar-refractivity contribution < 1.29 is 14.6 Å². The molecule has 3 heteroatoms. The second-order valence-corrected chi connectivity index (χ2v) is 10.0. The predicted molar refractivity (Wildman–Crippen MR) is 124 cm³/mol. The first-order valence-electron chi connectivity index (χ1n) is 11.0. The Morgan fingerprint density at radius 2 is 1.74 bits per heavy atom. The number of aromatic hydroxyl groups is 1. The molecule has 1 unspecified atom stereocenters. The van der Waals surface area contributed by atoms with E-state index in [9.17, 15) is 9.90 Å². The number of hydrogen-bond donors (Lipinski definition) is 1. The highest BCUT2D eigenvalue weighted by Gasteiger charge is 2.42. The third kappa shape index (κ3) is 3.33. The number of rotatable bonds is 2. The molecule has 158 valence electrons. The number of carbonyl (C=O) groups is 1. The molecule has 2 aliphatic rings. The van der Waals surface area contributed by atoms with E-state index < -0.39 is 0 Å². The number of ether oxygens (including phenoxy) is 1. The summed E-state index contributed by atoms with van der Waals surface area (Å²) in [5.74, 6) is 2.30. The highest BCUT2D eigenvalue weighted by atomic mass is 16.5. The van der Waals surface area contributed by atoms with Crippen molar-refractivity contribution in [1.82, 2.24) is 0 Å². The summed E-state index contributed by atoms with van der Waals surface area (Å²) in [5, 5.41) is 11.9. The maximum atomic E-state index is 13.4. The average Bonchev–Trinajstić information content (AvgIpc) is 2.71. The lowest BCUT2D eigenvalue weighted by molar-refractivity contribution is -0.118. The monoisotopic (exact) mass is 412 g/mol. The number of ketones is 1. The van der Waals surface area contributed by atoms with Gasteiger partial charge >= 0.3 is 0 Å². The van der Waals surface area contributed by atoms with Crippen molar-refractivity contribution in [3.63, 3.8) is 0 Å². The van der Waals surface area contributed by atoms with E-state index in [-0.39, 0.29) is 22.9 Å². The number of benzene rings is 3. The zero-order valence-electron chi connectivity index (χ0n) is 18.5. The minimum Gasteiger partial charge on any atom is -0.508 e. The molecule has 1 aliphatic carbocycles. The first-order chi connectivity index (χ1) is 14.7. The van der Waals surface area contributed by atoms with E-state index in [1.807, 2.05) is 18.2 Å². The van der Waals surface area contributed by atoms with Crippen LogP contribution >= 0.6 is 0 Å². The highest BCUT2D eigenvalue weighted by molar-refractivity contribution is 6.02. The Balaban J connectivity index is 1.77. The maximum absolute atomic E-state index is 13.4. The molecule has 0 amide bonds. The van der Waals surface area contributed by atoms with Crippen LogP contribution in [0.4, 0.5) is 0 Å². The van der Waals surface area contributed by atoms with E-state index in [0.717, 1.165) is 45.4 Å². The summed E-state index contributed by atoms with van der Waals surface area (Å²) < 4.78 is 6.39. The highest BCUT2D eigenvalue weighted by Crippen LogP contribution is 2.52. The molecule has 3 aromatic rings. The molecular formula is C28H28O3. The summed E-state index contributed by atoms with van der Waals surface area (Å²) in [6, 6.07) is 18.0. The van der Waals surface area contributed by atoms with Crippen LogP contribution in [0.5, 0.6) is 11.5 Å². The zero-order valence-corrected chi connectivity index (χ0v) is 18.5. The van der Waals surface area contributed by atoms with Gasteiger partial charge in [0.1, 0.15) is 17.3 Å². The minimum absolute atomic E-state index is 0.109. The van der Waals surface area contributed by atoms with Gasteiger partial charge in [0.05, 0.1) is 0 Å². The third-order valence-electron chi connectivity index (χ3n) is 6.63. The second kappa shape index (κ2) is 6.98. The summed E-state index contributed by atoms with van der Waals surface area (Å²) in [5.41, 5.74) is 4.09. The van der Waals surface area contributed by atoms with E-state index in [1.54, 1.807) is 12.1 Å². The van der Waals surface area contributed by atoms with Crippen molar-refractivity contribution in [1.29, 1.82) is 0 Å². The Hall–Kier alpha value is -3.07. The smallest absolute Gasteiger partial charge is 0.163 e. The van der Waals surface area contributed by atoms with Gasteiger partial charge < -0.3 is 9.84 Å². The number of allylic oxidation sites excluding steroid dienone is 2. The Bertz CT molecular complexity index is 1230. The van der Waals surface area contributed by atoms with Gasteiger partial charge in [-0.05, 0) is 51.4 Å². The number of carbonyl (C=O) groups excluding carboxylic acids is 1. The first kappa shape index (κ1) is 19.9. The summed E-state index contributed by atoms with van der Waals surface area (Å²) in [4.78, 5) is 13.4. The van der Waals surface area contributed by atoms with Crippen molar-refractivity contribution in [2.45, 2.75) is 52.4 Å². The van der Waals surface area contributed by atoms with Crippen LogP contribution in [0.3, 0.4) is 0 Å². The lowest BCUT2D eigenvalue weighted by atomic mass is 9.69. The number of hydrogen-bond acceptors (Lipinski definition) is 3. The number of phenolic OH excluding ortho intramolecular Hbond substituents is 1. The number of fused-ring (bicyclic) bond motifs is 3. The third-order valence-corrected chi connectivity index (χ3v) is 6.63. The second-order valence-electron chi connectivity index (χ2n) is 10.0. The standard InChI is InChI=1S/C28H28O3/c1-16(2)17-5-7-18(8-6-17)25-26-21-11-10-20(29)13-19(21)9-12-23(26)31-24-15-28(3,4)14-22(30)27(24)25/h5-13,16,25,29H,14-15H2,1-4H3. The summed E-state index contributed by atoms with van der Waals surface area (Å²) in [7, 11) is 0. The summed E-state index contributed by atoms with van der Waals surface area (Å²) in [6.45, 7) is 8.63. The Labute approximate surface area is 183 Å². The largest absolute Gasteiger partial charge is 0.508 e. The van der Waals surface area contributed by atoms with Gasteiger partial charge in [-0.2, -0.15) is 0 Å². The van der Waals surface area contributed by atoms with Gasteiger partial charge in [-0.3, -0.25) is 4.79 Å². The fourth-order valence-corrected chi connectivity index (χ4v) is 5.08. The van der Waals surface area contributed by atoms with E-state index in [0.29, 0.717) is 12.3 Å². The lowest BCUT2D eigenvalue weighted by Crippen LogP contribution is -2.33.